The van der Waals surface area contributed by atoms with Crippen LogP contribution in [-0.2, 0) is 14.3 Å². The van der Waals surface area contributed by atoms with Gasteiger partial charge in [-0.05, 0) is 44.0 Å². The van der Waals surface area contributed by atoms with Gasteiger partial charge in [-0.2, -0.15) is 0 Å². The highest BCUT2D eigenvalue weighted by atomic mass is 32.2. The summed E-state index contributed by atoms with van der Waals surface area (Å²) in [4.78, 5) is 32.0. The van der Waals surface area contributed by atoms with Gasteiger partial charge >= 0.3 is 0 Å². The number of nitrogens with one attached hydrogen (secondary N) is 1. The zero-order chi connectivity index (χ0) is 21.7. The minimum absolute atomic E-state index is 0.0899. The second-order valence-electron chi connectivity index (χ2n) is 7.34. The lowest BCUT2D eigenvalue weighted by molar-refractivity contribution is -0.128. The first-order valence-electron chi connectivity index (χ1n) is 9.87. The Balaban J connectivity index is 1.77. The van der Waals surface area contributed by atoms with Gasteiger partial charge in [0.25, 0.3) is 0 Å². The molecule has 2 aromatic rings. The maximum Gasteiger partial charge on any atom is 0.242 e. The van der Waals surface area contributed by atoms with Crippen molar-refractivity contribution < 1.29 is 14.3 Å². The number of hydrogen-bond acceptors (Lipinski definition) is 5. The van der Waals surface area contributed by atoms with Crippen LogP contribution in [0.15, 0.2) is 47.5 Å². The summed E-state index contributed by atoms with van der Waals surface area (Å²) in [5, 5.41) is 2.98. The molecule has 6 nitrogen and oxygen atoms in total. The molecule has 0 radical (unpaired) electrons. The van der Waals surface area contributed by atoms with Crippen LogP contribution in [0.1, 0.15) is 23.1 Å². The zero-order valence-electron chi connectivity index (χ0n) is 17.8. The lowest BCUT2D eigenvalue weighted by Crippen LogP contribution is -2.35. The van der Waals surface area contributed by atoms with E-state index >= 15 is 0 Å². The summed E-state index contributed by atoms with van der Waals surface area (Å²) >= 11 is 1.34. The molecule has 1 aliphatic rings. The second-order valence-corrected chi connectivity index (χ2v) is 8.51. The summed E-state index contributed by atoms with van der Waals surface area (Å²) in [6, 6.07) is 13.6. The summed E-state index contributed by atoms with van der Waals surface area (Å²) in [5.41, 5.74) is 4.79. The van der Waals surface area contributed by atoms with Gasteiger partial charge in [-0.15, -0.1) is 0 Å². The largest absolute Gasteiger partial charge is 0.383 e. The average molecular weight is 426 g/mol. The molecule has 158 valence electrons. The van der Waals surface area contributed by atoms with Crippen molar-refractivity contribution in [1.82, 2.24) is 4.90 Å². The highest BCUT2D eigenvalue weighted by molar-refractivity contribution is 8.15. The van der Waals surface area contributed by atoms with Crippen LogP contribution < -0.4 is 5.32 Å². The first-order valence-corrected chi connectivity index (χ1v) is 10.8. The van der Waals surface area contributed by atoms with Crippen molar-refractivity contribution in [1.29, 1.82) is 0 Å². The smallest absolute Gasteiger partial charge is 0.242 e. The van der Waals surface area contributed by atoms with Gasteiger partial charge in [0.1, 0.15) is 5.25 Å². The normalized spacial score (nSPS) is 17.6. The first kappa shape index (κ1) is 22.1. The predicted molar refractivity (Wildman–Crippen MR) is 122 cm³/mol. The first-order chi connectivity index (χ1) is 14.4. The molecule has 0 aromatic heterocycles. The van der Waals surface area contributed by atoms with E-state index in [4.69, 9.17) is 9.73 Å². The summed E-state index contributed by atoms with van der Waals surface area (Å²) in [6.45, 7) is 6.80. The van der Waals surface area contributed by atoms with Crippen molar-refractivity contribution in [3.63, 3.8) is 0 Å². The van der Waals surface area contributed by atoms with Gasteiger partial charge in [0.15, 0.2) is 5.17 Å². The van der Waals surface area contributed by atoms with Crippen LogP contribution in [-0.4, -0.2) is 47.4 Å². The monoisotopic (exact) mass is 425 g/mol. The Morgan fingerprint density at radius 1 is 1.13 bits per heavy atom. The maximum absolute atomic E-state index is 13.0. The number of thioether (sulfide) groups is 1. The van der Waals surface area contributed by atoms with E-state index in [0.717, 1.165) is 28.1 Å². The number of benzene rings is 2. The molecule has 1 atom stereocenters. The summed E-state index contributed by atoms with van der Waals surface area (Å²) in [7, 11) is 1.60. The van der Waals surface area contributed by atoms with Gasteiger partial charge in [0.2, 0.25) is 11.8 Å². The Kier molecular flexibility index (Phi) is 7.29. The van der Waals surface area contributed by atoms with Crippen molar-refractivity contribution >= 4 is 40.1 Å². The predicted octanol–water partition coefficient (Wildman–Crippen LogP) is 4.22. The van der Waals surface area contributed by atoms with E-state index in [2.05, 4.69) is 5.32 Å². The van der Waals surface area contributed by atoms with E-state index in [1.54, 1.807) is 12.0 Å². The fraction of sp³-hybridized carbons (Fsp3) is 0.348. The van der Waals surface area contributed by atoms with Crippen molar-refractivity contribution in [2.75, 3.05) is 25.6 Å². The fourth-order valence-corrected chi connectivity index (χ4v) is 4.38. The van der Waals surface area contributed by atoms with Gasteiger partial charge in [0.05, 0.1) is 18.8 Å². The molecule has 2 aromatic carbocycles. The molecule has 1 heterocycles. The SMILES string of the molecule is COCCN1C(=O)[C@H](CC(=O)Nc2ccc(C)cc2)SC1=Nc1c(C)cccc1C. The van der Waals surface area contributed by atoms with Gasteiger partial charge in [-0.3, -0.25) is 14.5 Å². The number of ether oxygens (including phenoxy) is 1. The molecular formula is C23H27N3O3S. The van der Waals surface area contributed by atoms with Gasteiger partial charge in [-0.25, -0.2) is 4.99 Å². The standard InChI is InChI=1S/C23H27N3O3S/c1-15-8-10-18(11-9-15)24-20(27)14-19-22(28)26(12-13-29-4)23(30-19)25-21-16(2)6-5-7-17(21)3/h5-11,19H,12-14H2,1-4H3,(H,24,27)/t19-/m0/s1. The van der Waals surface area contributed by atoms with Crippen LogP contribution in [0.4, 0.5) is 11.4 Å². The number of para-hydroxylation sites is 1. The van der Waals surface area contributed by atoms with E-state index in [-0.39, 0.29) is 18.2 Å². The van der Waals surface area contributed by atoms with Crippen LogP contribution in [0.3, 0.4) is 0 Å². The molecule has 1 fully saturated rings. The lowest BCUT2D eigenvalue weighted by atomic mass is 10.1. The number of carbonyl (C=O) groups is 2. The Morgan fingerprint density at radius 2 is 1.80 bits per heavy atom. The van der Waals surface area contributed by atoms with Crippen LogP contribution in [0.2, 0.25) is 0 Å². The number of aliphatic imine (C=N–C) groups is 1. The van der Waals surface area contributed by atoms with Crippen LogP contribution in [0.25, 0.3) is 0 Å². The van der Waals surface area contributed by atoms with Gasteiger partial charge < -0.3 is 10.1 Å². The average Bonchev–Trinajstić information content (AvgIpc) is 2.99. The molecule has 0 unspecified atom stereocenters. The molecule has 1 aliphatic heterocycles. The van der Waals surface area contributed by atoms with Crippen LogP contribution >= 0.6 is 11.8 Å². The number of aryl methyl sites for hydroxylation is 3. The molecule has 0 spiro atoms. The number of carbonyl (C=O) groups excluding carboxylic acids is 2. The van der Waals surface area contributed by atoms with E-state index in [9.17, 15) is 9.59 Å². The molecule has 1 saturated heterocycles. The van der Waals surface area contributed by atoms with E-state index in [1.165, 1.54) is 11.8 Å². The number of nitrogens with zero attached hydrogens (tertiary/aromatic N) is 2. The second kappa shape index (κ2) is 9.91. The number of amides is 2. The third-order valence-corrected chi connectivity index (χ3v) is 6.07. The highest BCUT2D eigenvalue weighted by Gasteiger charge is 2.39. The molecule has 1 N–H and O–H groups in total. The maximum atomic E-state index is 13.0. The molecule has 0 bridgehead atoms. The third kappa shape index (κ3) is 5.29. The topological polar surface area (TPSA) is 71.0 Å². The minimum Gasteiger partial charge on any atom is -0.383 e. The summed E-state index contributed by atoms with van der Waals surface area (Å²) in [6.07, 6.45) is 0.0899. The molecule has 3 rings (SSSR count). The Labute approximate surface area is 181 Å². The summed E-state index contributed by atoms with van der Waals surface area (Å²) < 4.78 is 5.17. The Hall–Kier alpha value is -2.64. The number of methoxy groups -OCH3 is 1. The van der Waals surface area contributed by atoms with Crippen molar-refractivity contribution in [3.05, 3.63) is 59.2 Å². The highest BCUT2D eigenvalue weighted by Crippen LogP contribution is 2.33. The number of hydrogen-bond donors (Lipinski definition) is 1. The number of amidine groups is 1. The number of anilines is 1. The van der Waals surface area contributed by atoms with E-state index < -0.39 is 5.25 Å². The molecule has 30 heavy (non-hydrogen) atoms. The molecule has 0 saturated carbocycles. The number of rotatable bonds is 7. The summed E-state index contributed by atoms with van der Waals surface area (Å²) in [5.74, 6) is -0.300. The lowest BCUT2D eigenvalue weighted by Gasteiger charge is -2.16. The van der Waals surface area contributed by atoms with Gasteiger partial charge in [0, 0.05) is 19.2 Å². The zero-order valence-corrected chi connectivity index (χ0v) is 18.6. The molecular weight excluding hydrogens is 398 g/mol. The molecule has 0 aliphatic carbocycles. The third-order valence-electron chi connectivity index (χ3n) is 4.89. The van der Waals surface area contributed by atoms with E-state index in [0.29, 0.717) is 18.3 Å². The van der Waals surface area contributed by atoms with E-state index in [1.807, 2.05) is 63.2 Å². The Bertz CT molecular complexity index is 936. The van der Waals surface area contributed by atoms with Crippen molar-refractivity contribution in [2.24, 2.45) is 4.99 Å². The quantitative estimate of drug-likeness (QED) is 0.721. The molecule has 2 amide bonds. The van der Waals surface area contributed by atoms with Crippen LogP contribution in [0.5, 0.6) is 0 Å². The van der Waals surface area contributed by atoms with Gasteiger partial charge in [-0.1, -0.05) is 47.7 Å². The van der Waals surface area contributed by atoms with Crippen LogP contribution in [0, 0.1) is 20.8 Å². The van der Waals surface area contributed by atoms with Crippen molar-refractivity contribution in [2.45, 2.75) is 32.4 Å². The van der Waals surface area contributed by atoms with Crippen molar-refractivity contribution in [3.8, 4) is 0 Å². The molecule has 7 heteroatoms. The Morgan fingerprint density at radius 3 is 2.43 bits per heavy atom. The fourth-order valence-electron chi connectivity index (χ4n) is 3.21. The minimum atomic E-state index is -0.504.